The van der Waals surface area contributed by atoms with Crippen molar-refractivity contribution in [2.75, 3.05) is 6.54 Å². The van der Waals surface area contributed by atoms with Gasteiger partial charge in [0.15, 0.2) is 0 Å². The molecule has 194 valence electrons. The SMILES string of the molecule is C=CC1=NCCC=C1.CCC.CCC=CCC1CC=CC=C1c1nccc2ccccc12.CCCC. The molecule has 2 aromatic rings. The molecule has 0 saturated carbocycles. The molecule has 1 aromatic carbocycles. The van der Waals surface area contributed by atoms with E-state index in [0.717, 1.165) is 43.6 Å². The molecule has 0 fully saturated rings. The lowest BCUT2D eigenvalue weighted by molar-refractivity contribution is 0.686. The lowest BCUT2D eigenvalue weighted by Gasteiger charge is -2.21. The van der Waals surface area contributed by atoms with Crippen LogP contribution in [0.3, 0.4) is 0 Å². The Labute approximate surface area is 221 Å². The first-order valence-electron chi connectivity index (χ1n) is 13.9. The normalized spacial score (nSPS) is 16.0. The van der Waals surface area contributed by atoms with Gasteiger partial charge >= 0.3 is 0 Å². The van der Waals surface area contributed by atoms with E-state index in [2.05, 4.69) is 118 Å². The quantitative estimate of drug-likeness (QED) is 0.374. The third-order valence-electron chi connectivity index (χ3n) is 5.63. The van der Waals surface area contributed by atoms with E-state index in [0.29, 0.717) is 5.92 Å². The summed E-state index contributed by atoms with van der Waals surface area (Å²) >= 11 is 0. The fraction of sp³-hybridized carbons (Fsp3) is 0.412. The van der Waals surface area contributed by atoms with E-state index in [-0.39, 0.29) is 0 Å². The average Bonchev–Trinajstić information content (AvgIpc) is 2.94. The second-order valence-corrected chi connectivity index (χ2v) is 8.89. The summed E-state index contributed by atoms with van der Waals surface area (Å²) in [5.41, 5.74) is 3.53. The highest BCUT2D eigenvalue weighted by atomic mass is 14.7. The van der Waals surface area contributed by atoms with Crippen LogP contribution in [-0.4, -0.2) is 17.2 Å². The molecule has 1 aliphatic heterocycles. The fourth-order valence-electron chi connectivity index (χ4n) is 3.61. The number of hydrogen-bond acceptors (Lipinski definition) is 2. The number of hydrogen-bond donors (Lipinski definition) is 0. The standard InChI is InChI=1S/C20H21N.C7H9N.C4H10.C3H8/c1-2-3-4-9-16-10-5-7-12-18(16)20-19-13-8-6-11-17(19)14-15-21-20;1-2-7-5-3-4-6-8-7;1-3-4-2;1-3-2/h3-8,11-16H,2,9-10H2,1H3;2-3,5H,1,4,6H2;3-4H2,1-2H3;3H2,1-2H3. The Bertz CT molecular complexity index is 1010. The summed E-state index contributed by atoms with van der Waals surface area (Å²) < 4.78 is 0. The zero-order chi connectivity index (χ0) is 26.4. The maximum Gasteiger partial charge on any atom is 0.0742 e. The zero-order valence-electron chi connectivity index (χ0n) is 23.4. The van der Waals surface area contributed by atoms with Gasteiger partial charge < -0.3 is 0 Å². The molecule has 0 amide bonds. The molecule has 1 unspecified atom stereocenters. The fourth-order valence-corrected chi connectivity index (χ4v) is 3.61. The number of rotatable bonds is 6. The highest BCUT2D eigenvalue weighted by Gasteiger charge is 2.18. The minimum Gasteiger partial charge on any atom is -0.285 e. The van der Waals surface area contributed by atoms with E-state index in [4.69, 9.17) is 0 Å². The van der Waals surface area contributed by atoms with Gasteiger partial charge in [0.25, 0.3) is 0 Å². The minimum absolute atomic E-state index is 0.538. The molecule has 0 N–H and O–H groups in total. The molecule has 36 heavy (non-hydrogen) atoms. The van der Waals surface area contributed by atoms with E-state index in [1.54, 1.807) is 6.08 Å². The molecule has 0 saturated heterocycles. The Morgan fingerprint density at radius 3 is 2.33 bits per heavy atom. The van der Waals surface area contributed by atoms with Crippen LogP contribution < -0.4 is 0 Å². The van der Waals surface area contributed by atoms with Gasteiger partial charge in [0.05, 0.1) is 11.4 Å². The monoisotopic (exact) mass is 484 g/mol. The summed E-state index contributed by atoms with van der Waals surface area (Å²) in [7, 11) is 0. The largest absolute Gasteiger partial charge is 0.285 e. The predicted octanol–water partition coefficient (Wildman–Crippen LogP) is 10.3. The minimum atomic E-state index is 0.538. The van der Waals surface area contributed by atoms with Crippen LogP contribution in [-0.2, 0) is 0 Å². The molecule has 0 spiro atoms. The molecule has 0 radical (unpaired) electrons. The predicted molar refractivity (Wildman–Crippen MR) is 164 cm³/mol. The van der Waals surface area contributed by atoms with Gasteiger partial charge in [-0.2, -0.15) is 0 Å². The molecule has 2 heterocycles. The molecule has 4 rings (SSSR count). The Morgan fingerprint density at radius 2 is 1.72 bits per heavy atom. The van der Waals surface area contributed by atoms with Gasteiger partial charge in [-0.3, -0.25) is 9.98 Å². The Hall–Kier alpha value is -3.00. The van der Waals surface area contributed by atoms with Gasteiger partial charge in [-0.25, -0.2) is 0 Å². The summed E-state index contributed by atoms with van der Waals surface area (Å²) in [5.74, 6) is 0.538. The van der Waals surface area contributed by atoms with E-state index < -0.39 is 0 Å². The number of pyridine rings is 1. The van der Waals surface area contributed by atoms with E-state index >= 15 is 0 Å². The first-order valence-corrected chi connectivity index (χ1v) is 13.9. The van der Waals surface area contributed by atoms with E-state index in [1.165, 1.54) is 35.6 Å². The van der Waals surface area contributed by atoms with Crippen LogP contribution in [0.4, 0.5) is 0 Å². The van der Waals surface area contributed by atoms with Crippen LogP contribution in [0.15, 0.2) is 96.7 Å². The third-order valence-corrected chi connectivity index (χ3v) is 5.63. The Balaban J connectivity index is 0.000000355. The van der Waals surface area contributed by atoms with Crippen molar-refractivity contribution in [2.24, 2.45) is 10.9 Å². The molecule has 2 aliphatic rings. The summed E-state index contributed by atoms with van der Waals surface area (Å²) in [5, 5.41) is 2.52. The molecule has 0 bridgehead atoms. The molecule has 1 atom stereocenters. The van der Waals surface area contributed by atoms with Crippen molar-refractivity contribution in [1.29, 1.82) is 0 Å². The average molecular weight is 485 g/mol. The maximum atomic E-state index is 4.68. The van der Waals surface area contributed by atoms with Crippen LogP contribution in [0, 0.1) is 5.92 Å². The number of benzene rings is 1. The lowest BCUT2D eigenvalue weighted by atomic mass is 9.85. The number of aliphatic imine (C=N–C) groups is 1. The van der Waals surface area contributed by atoms with Crippen LogP contribution in [0.2, 0.25) is 0 Å². The molecule has 2 heteroatoms. The number of dihydropyridines is 1. The summed E-state index contributed by atoms with van der Waals surface area (Å²) in [4.78, 5) is 8.84. The molecular formula is C34H48N2. The second-order valence-electron chi connectivity index (χ2n) is 8.89. The topological polar surface area (TPSA) is 25.2 Å². The lowest BCUT2D eigenvalue weighted by Crippen LogP contribution is -2.06. The van der Waals surface area contributed by atoms with Gasteiger partial charge in [-0.05, 0) is 60.8 Å². The van der Waals surface area contributed by atoms with Gasteiger partial charge in [-0.1, -0.05) is 121 Å². The second kappa shape index (κ2) is 20.2. The first kappa shape index (κ1) is 31.0. The number of aromatic nitrogens is 1. The zero-order valence-corrected chi connectivity index (χ0v) is 23.4. The van der Waals surface area contributed by atoms with Crippen molar-refractivity contribution in [1.82, 2.24) is 4.98 Å². The van der Waals surface area contributed by atoms with Crippen LogP contribution in [0.1, 0.15) is 85.3 Å². The molecular weight excluding hydrogens is 436 g/mol. The first-order chi connectivity index (χ1) is 17.7. The van der Waals surface area contributed by atoms with Crippen LogP contribution in [0.25, 0.3) is 16.3 Å². The van der Waals surface area contributed by atoms with Crippen molar-refractivity contribution in [3.63, 3.8) is 0 Å². The molecule has 2 nitrogen and oxygen atoms in total. The summed E-state index contributed by atoms with van der Waals surface area (Å²) in [6.07, 6.45) is 27.3. The number of nitrogens with zero attached hydrogens (tertiary/aromatic N) is 2. The number of allylic oxidation sites excluding steroid dienone is 8. The highest BCUT2D eigenvalue weighted by Crippen LogP contribution is 2.34. The van der Waals surface area contributed by atoms with E-state index in [9.17, 15) is 0 Å². The summed E-state index contributed by atoms with van der Waals surface area (Å²) in [6.45, 7) is 15.3. The van der Waals surface area contributed by atoms with Crippen molar-refractivity contribution in [2.45, 2.75) is 79.6 Å². The van der Waals surface area contributed by atoms with Crippen molar-refractivity contribution in [3.8, 4) is 0 Å². The van der Waals surface area contributed by atoms with Crippen molar-refractivity contribution in [3.05, 3.63) is 97.4 Å². The summed E-state index contributed by atoms with van der Waals surface area (Å²) in [6, 6.07) is 10.6. The smallest absolute Gasteiger partial charge is 0.0742 e. The van der Waals surface area contributed by atoms with Crippen LogP contribution >= 0.6 is 0 Å². The Kier molecular flexibility index (Phi) is 17.4. The number of fused-ring (bicyclic) bond motifs is 1. The number of unbranched alkanes of at least 4 members (excludes halogenated alkanes) is 1. The van der Waals surface area contributed by atoms with Gasteiger partial charge in [-0.15, -0.1) is 0 Å². The maximum absolute atomic E-state index is 4.68. The van der Waals surface area contributed by atoms with Gasteiger partial charge in [0.1, 0.15) is 0 Å². The van der Waals surface area contributed by atoms with Gasteiger partial charge in [0.2, 0.25) is 0 Å². The van der Waals surface area contributed by atoms with Crippen molar-refractivity contribution < 1.29 is 0 Å². The van der Waals surface area contributed by atoms with Crippen molar-refractivity contribution >= 4 is 22.1 Å². The molecule has 1 aliphatic carbocycles. The van der Waals surface area contributed by atoms with Crippen LogP contribution in [0.5, 0.6) is 0 Å². The highest BCUT2D eigenvalue weighted by molar-refractivity contribution is 6.03. The van der Waals surface area contributed by atoms with Gasteiger partial charge in [0, 0.05) is 18.1 Å². The third kappa shape index (κ3) is 11.6. The molecule has 1 aromatic heterocycles. The Morgan fingerprint density at radius 1 is 0.972 bits per heavy atom. The van der Waals surface area contributed by atoms with E-state index in [1.807, 2.05) is 12.3 Å².